The van der Waals surface area contributed by atoms with Crippen molar-refractivity contribution >= 4 is 12.1 Å². The number of rotatable bonds is 5. The summed E-state index contributed by atoms with van der Waals surface area (Å²) in [6, 6.07) is 10.8. The van der Waals surface area contributed by atoms with Crippen molar-refractivity contribution in [3.05, 3.63) is 53.8 Å². The quantitative estimate of drug-likeness (QED) is 0.673. The van der Waals surface area contributed by atoms with E-state index in [0.29, 0.717) is 30.5 Å². The Labute approximate surface area is 137 Å². The molecule has 1 amide bonds. The predicted molar refractivity (Wildman–Crippen MR) is 85.1 cm³/mol. The third-order valence-electron chi connectivity index (χ3n) is 3.15. The van der Waals surface area contributed by atoms with Crippen LogP contribution in [-0.2, 0) is 4.79 Å². The second kappa shape index (κ2) is 7.45. The third-order valence-corrected chi connectivity index (χ3v) is 3.15. The maximum Gasteiger partial charge on any atom is 0.277 e. The number of hydrogen-bond acceptors (Lipinski definition) is 5. The molecule has 0 aliphatic carbocycles. The molecule has 2 aromatic carbocycles. The molecule has 0 spiro atoms. The van der Waals surface area contributed by atoms with Gasteiger partial charge in [0.05, 0.1) is 6.21 Å². The topological polar surface area (TPSA) is 69.2 Å². The first-order chi connectivity index (χ1) is 11.7. The van der Waals surface area contributed by atoms with E-state index in [0.717, 1.165) is 5.56 Å². The van der Waals surface area contributed by atoms with Crippen molar-refractivity contribution in [1.29, 1.82) is 0 Å². The Morgan fingerprint density at radius 1 is 1.17 bits per heavy atom. The number of halogens is 1. The maximum absolute atomic E-state index is 12.7. The molecule has 0 saturated carbocycles. The first-order valence-electron chi connectivity index (χ1n) is 7.30. The van der Waals surface area contributed by atoms with Crippen LogP contribution >= 0.6 is 0 Å². The van der Waals surface area contributed by atoms with Crippen LogP contribution < -0.4 is 19.6 Å². The van der Waals surface area contributed by atoms with E-state index >= 15 is 0 Å². The van der Waals surface area contributed by atoms with Crippen LogP contribution in [0.25, 0.3) is 0 Å². The second-order valence-electron chi connectivity index (χ2n) is 4.94. The molecule has 0 unspecified atom stereocenters. The average Bonchev–Trinajstić information content (AvgIpc) is 2.61. The highest BCUT2D eigenvalue weighted by Gasteiger charge is 2.10. The number of fused-ring (bicyclic) bond motifs is 1. The first-order valence-corrected chi connectivity index (χ1v) is 7.30. The van der Waals surface area contributed by atoms with E-state index in [1.165, 1.54) is 30.5 Å². The number of nitrogens with one attached hydrogen (secondary N) is 1. The van der Waals surface area contributed by atoms with Crippen molar-refractivity contribution in [1.82, 2.24) is 5.43 Å². The van der Waals surface area contributed by atoms with Crippen LogP contribution in [-0.4, -0.2) is 31.9 Å². The van der Waals surface area contributed by atoms with Crippen LogP contribution in [0.15, 0.2) is 47.6 Å². The number of carbonyl (C=O) groups is 1. The van der Waals surface area contributed by atoms with Gasteiger partial charge in [-0.1, -0.05) is 0 Å². The van der Waals surface area contributed by atoms with Gasteiger partial charge in [0.1, 0.15) is 24.8 Å². The molecule has 1 N–H and O–H groups in total. The van der Waals surface area contributed by atoms with E-state index in [2.05, 4.69) is 10.5 Å². The summed E-state index contributed by atoms with van der Waals surface area (Å²) in [6.45, 7) is 0.819. The summed E-state index contributed by atoms with van der Waals surface area (Å²) >= 11 is 0. The normalized spacial score (nSPS) is 12.9. The molecular weight excluding hydrogens is 315 g/mol. The van der Waals surface area contributed by atoms with E-state index in [1.54, 1.807) is 18.2 Å². The Hall–Kier alpha value is -3.09. The molecule has 0 radical (unpaired) electrons. The molecule has 0 saturated heterocycles. The van der Waals surface area contributed by atoms with Crippen molar-refractivity contribution in [2.24, 2.45) is 5.10 Å². The number of benzene rings is 2. The minimum absolute atomic E-state index is 0.218. The largest absolute Gasteiger partial charge is 0.486 e. The molecule has 24 heavy (non-hydrogen) atoms. The summed E-state index contributed by atoms with van der Waals surface area (Å²) in [7, 11) is 0. The van der Waals surface area contributed by atoms with Crippen molar-refractivity contribution in [2.75, 3.05) is 19.8 Å². The zero-order chi connectivity index (χ0) is 16.8. The van der Waals surface area contributed by atoms with Gasteiger partial charge >= 0.3 is 0 Å². The zero-order valence-electron chi connectivity index (χ0n) is 12.7. The molecule has 7 heteroatoms. The summed E-state index contributed by atoms with van der Waals surface area (Å²) in [6.07, 6.45) is 1.49. The number of hydrazone groups is 1. The molecule has 124 valence electrons. The second-order valence-corrected chi connectivity index (χ2v) is 4.94. The van der Waals surface area contributed by atoms with Gasteiger partial charge in [-0.25, -0.2) is 9.82 Å². The lowest BCUT2D eigenvalue weighted by Crippen LogP contribution is -2.24. The molecule has 1 heterocycles. The molecule has 2 aromatic rings. The van der Waals surface area contributed by atoms with Crippen molar-refractivity contribution in [3.8, 4) is 17.2 Å². The molecular formula is C17H15FN2O4. The van der Waals surface area contributed by atoms with Gasteiger partial charge in [0.2, 0.25) is 0 Å². The molecule has 0 atom stereocenters. The van der Waals surface area contributed by atoms with Crippen molar-refractivity contribution in [3.63, 3.8) is 0 Å². The summed E-state index contributed by atoms with van der Waals surface area (Å²) in [5, 5.41) is 3.86. The number of amides is 1. The van der Waals surface area contributed by atoms with Crippen LogP contribution in [0.5, 0.6) is 17.2 Å². The predicted octanol–water partition coefficient (Wildman–Crippen LogP) is 2.13. The van der Waals surface area contributed by atoms with E-state index in [9.17, 15) is 9.18 Å². The highest BCUT2D eigenvalue weighted by Crippen LogP contribution is 2.30. The van der Waals surface area contributed by atoms with Crippen LogP contribution in [0.3, 0.4) is 0 Å². The summed E-state index contributed by atoms with van der Waals surface area (Å²) in [5.74, 6) is 0.956. The van der Waals surface area contributed by atoms with Gasteiger partial charge in [-0.05, 0) is 48.0 Å². The lowest BCUT2D eigenvalue weighted by Gasteiger charge is -2.18. The molecule has 0 bridgehead atoms. The summed E-state index contributed by atoms with van der Waals surface area (Å²) < 4.78 is 28.8. The summed E-state index contributed by atoms with van der Waals surface area (Å²) in [4.78, 5) is 11.6. The lowest BCUT2D eigenvalue weighted by molar-refractivity contribution is -0.123. The molecule has 3 rings (SSSR count). The van der Waals surface area contributed by atoms with E-state index in [4.69, 9.17) is 14.2 Å². The Balaban J connectivity index is 1.48. The van der Waals surface area contributed by atoms with Gasteiger partial charge in [-0.15, -0.1) is 0 Å². The van der Waals surface area contributed by atoms with Crippen LogP contribution in [0.2, 0.25) is 0 Å². The Kier molecular flexibility index (Phi) is 4.90. The standard InChI is InChI=1S/C17H15FN2O4/c18-13-2-4-14(5-3-13)24-11-17(21)20-19-10-12-1-6-15-16(9-12)23-8-7-22-15/h1-6,9-10H,7-8,11H2,(H,20,21)/b19-10+. The van der Waals surface area contributed by atoms with E-state index in [1.807, 2.05) is 0 Å². The Morgan fingerprint density at radius 2 is 1.92 bits per heavy atom. The highest BCUT2D eigenvalue weighted by atomic mass is 19.1. The Bertz CT molecular complexity index is 747. The Morgan fingerprint density at radius 3 is 2.71 bits per heavy atom. The van der Waals surface area contributed by atoms with E-state index in [-0.39, 0.29) is 12.4 Å². The highest BCUT2D eigenvalue weighted by molar-refractivity contribution is 5.83. The van der Waals surface area contributed by atoms with Gasteiger partial charge in [-0.2, -0.15) is 5.10 Å². The fraction of sp³-hybridized carbons (Fsp3) is 0.176. The van der Waals surface area contributed by atoms with Crippen LogP contribution in [0.1, 0.15) is 5.56 Å². The van der Waals surface area contributed by atoms with Crippen molar-refractivity contribution < 1.29 is 23.4 Å². The summed E-state index contributed by atoms with van der Waals surface area (Å²) in [5.41, 5.74) is 3.12. The van der Waals surface area contributed by atoms with Crippen molar-refractivity contribution in [2.45, 2.75) is 0 Å². The number of ether oxygens (including phenoxy) is 3. The molecule has 6 nitrogen and oxygen atoms in total. The van der Waals surface area contributed by atoms with Crippen LogP contribution in [0.4, 0.5) is 4.39 Å². The average molecular weight is 330 g/mol. The van der Waals surface area contributed by atoms with Gasteiger partial charge < -0.3 is 14.2 Å². The van der Waals surface area contributed by atoms with Gasteiger partial charge in [0.25, 0.3) is 5.91 Å². The van der Waals surface area contributed by atoms with Gasteiger partial charge in [-0.3, -0.25) is 4.79 Å². The minimum Gasteiger partial charge on any atom is -0.486 e. The molecule has 0 fully saturated rings. The fourth-order valence-corrected chi connectivity index (χ4v) is 2.03. The monoisotopic (exact) mass is 330 g/mol. The van der Waals surface area contributed by atoms with E-state index < -0.39 is 5.91 Å². The first kappa shape index (κ1) is 15.8. The number of hydrogen-bond donors (Lipinski definition) is 1. The molecule has 1 aliphatic heterocycles. The maximum atomic E-state index is 12.7. The minimum atomic E-state index is -0.423. The van der Waals surface area contributed by atoms with Crippen LogP contribution in [0, 0.1) is 5.82 Å². The third kappa shape index (κ3) is 4.22. The fourth-order valence-electron chi connectivity index (χ4n) is 2.03. The van der Waals surface area contributed by atoms with Gasteiger partial charge in [0.15, 0.2) is 18.1 Å². The molecule has 0 aromatic heterocycles. The zero-order valence-corrected chi connectivity index (χ0v) is 12.7. The smallest absolute Gasteiger partial charge is 0.277 e. The molecule has 1 aliphatic rings. The lowest BCUT2D eigenvalue weighted by atomic mass is 10.2. The number of nitrogens with zero attached hydrogens (tertiary/aromatic N) is 1. The SMILES string of the molecule is O=C(COc1ccc(F)cc1)N/N=C/c1ccc2c(c1)OCCO2. The van der Waals surface area contributed by atoms with Gasteiger partial charge in [0, 0.05) is 0 Å². The number of carbonyl (C=O) groups excluding carboxylic acids is 1.